The summed E-state index contributed by atoms with van der Waals surface area (Å²) in [5, 5.41) is 153. The van der Waals surface area contributed by atoms with Crippen LogP contribution in [0.15, 0.2) is 0 Å². The standard InChI is InChI=1S/C56H92O26/c1-22-7-12-56(73-19-22)23(2)36-30(82-56)14-28-26-6-5-24-13-25(8-10-54(24,3)27(26)9-11-55(28,36)4)74-51-45(70)42(67)46(34(18-60)78-51)80-53-49(48(40(65)33(17-59)77-53)81-50-43(68)37(62)29(61)20-72-50)75-35-21-71-31(15-57)39(64)47(35)79-52-44(69)41(66)38(63)32(16-58)76-52/h22-53,57-70H,5-21H2,1-4H3. The molecule has 4 aliphatic carbocycles. The van der Waals surface area contributed by atoms with Crippen molar-refractivity contribution in [3.05, 3.63) is 0 Å². The third kappa shape index (κ3) is 11.0. The fourth-order valence-electron chi connectivity index (χ4n) is 17.4. The average Bonchev–Trinajstić information content (AvgIpc) is 1.78. The van der Waals surface area contributed by atoms with Crippen molar-refractivity contribution in [3.63, 3.8) is 0 Å². The number of hydrogen-bond acceptors (Lipinski definition) is 26. The molecule has 35 unspecified atom stereocenters. The van der Waals surface area contributed by atoms with Gasteiger partial charge in [-0.25, -0.2) is 0 Å². The molecule has 1 spiro atoms. The van der Waals surface area contributed by atoms with Crippen molar-refractivity contribution in [2.24, 2.45) is 52.3 Å². The number of aliphatic hydroxyl groups is 14. The van der Waals surface area contributed by atoms with Crippen LogP contribution in [0.1, 0.15) is 91.9 Å². The van der Waals surface area contributed by atoms with E-state index in [0.29, 0.717) is 54.3 Å². The SMILES string of the molecule is CC1CCC2(OC1)OC1CC3C4CCC5CC(OC6OC(CO)C(OC7OC(CO)C(O)C(OC8OCC(O)C(O)C8O)C7OC7COC(CO)C(O)C7OC7OC(CO)C(O)C(O)C7O)C(O)C6O)CCC5(C)C4CCC3(C)C1C2C. The Bertz CT molecular complexity index is 2110. The Labute approximate surface area is 476 Å². The van der Waals surface area contributed by atoms with E-state index in [1.54, 1.807) is 0 Å². The number of ether oxygens (including phenoxy) is 12. The first-order valence-electron chi connectivity index (χ1n) is 30.1. The van der Waals surface area contributed by atoms with Crippen molar-refractivity contribution in [1.82, 2.24) is 0 Å². The van der Waals surface area contributed by atoms with E-state index in [1.807, 2.05) is 0 Å². The Balaban J connectivity index is 0.788. The highest BCUT2D eigenvalue weighted by molar-refractivity contribution is 5.16. The Morgan fingerprint density at radius 3 is 1.79 bits per heavy atom. The van der Waals surface area contributed by atoms with E-state index in [9.17, 15) is 71.5 Å². The van der Waals surface area contributed by atoms with Crippen LogP contribution in [0, 0.1) is 52.3 Å². The molecule has 82 heavy (non-hydrogen) atoms. The lowest BCUT2D eigenvalue weighted by atomic mass is 9.44. The molecule has 7 heterocycles. The quantitative estimate of drug-likeness (QED) is 0.0743. The second-order valence-electron chi connectivity index (χ2n) is 26.6. The van der Waals surface area contributed by atoms with E-state index in [0.717, 1.165) is 58.0 Å². The smallest absolute Gasteiger partial charge is 0.187 e. The molecular weight excluding hydrogens is 1090 g/mol. The highest BCUT2D eigenvalue weighted by Gasteiger charge is 2.69. The molecule has 4 saturated carbocycles. The molecule has 0 aromatic carbocycles. The van der Waals surface area contributed by atoms with Crippen molar-refractivity contribution in [2.75, 3.05) is 46.2 Å². The van der Waals surface area contributed by atoms with Crippen LogP contribution in [0.2, 0.25) is 0 Å². The molecule has 0 aromatic rings. The van der Waals surface area contributed by atoms with E-state index in [2.05, 4.69) is 27.7 Å². The minimum Gasteiger partial charge on any atom is -0.394 e. The largest absolute Gasteiger partial charge is 0.394 e. The normalized spacial score (nSPS) is 57.0. The van der Waals surface area contributed by atoms with Crippen LogP contribution in [-0.2, 0) is 56.8 Å². The summed E-state index contributed by atoms with van der Waals surface area (Å²) in [5.41, 5.74) is 0.242. The van der Waals surface area contributed by atoms with Gasteiger partial charge in [-0.1, -0.05) is 27.7 Å². The Morgan fingerprint density at radius 2 is 1.09 bits per heavy atom. The van der Waals surface area contributed by atoms with Gasteiger partial charge in [0.1, 0.15) is 116 Å². The summed E-state index contributed by atoms with van der Waals surface area (Å²) in [6, 6.07) is 0. The lowest BCUT2D eigenvalue weighted by Gasteiger charge is -2.61. The van der Waals surface area contributed by atoms with Gasteiger partial charge in [0.05, 0.1) is 58.5 Å². The molecular formula is C56H92O26. The zero-order valence-electron chi connectivity index (χ0n) is 47.2. The molecule has 0 aromatic heterocycles. The van der Waals surface area contributed by atoms with Crippen molar-refractivity contribution >= 4 is 0 Å². The van der Waals surface area contributed by atoms with Crippen LogP contribution in [0.3, 0.4) is 0 Å². The first-order valence-corrected chi connectivity index (χ1v) is 30.1. The second kappa shape index (κ2) is 24.7. The predicted octanol–water partition coefficient (Wildman–Crippen LogP) is -3.76. The molecule has 0 bridgehead atoms. The first-order chi connectivity index (χ1) is 39.1. The maximum absolute atomic E-state index is 12.0. The summed E-state index contributed by atoms with van der Waals surface area (Å²) in [4.78, 5) is 0. The van der Waals surface area contributed by atoms with Crippen LogP contribution in [0.5, 0.6) is 0 Å². The van der Waals surface area contributed by atoms with Crippen LogP contribution >= 0.6 is 0 Å². The van der Waals surface area contributed by atoms with E-state index in [-0.39, 0.29) is 23.0 Å². The molecule has 7 aliphatic heterocycles. The van der Waals surface area contributed by atoms with E-state index in [1.165, 1.54) is 0 Å². The molecule has 11 fully saturated rings. The van der Waals surface area contributed by atoms with Crippen molar-refractivity contribution < 1.29 is 128 Å². The number of aliphatic hydroxyl groups excluding tert-OH is 14. The van der Waals surface area contributed by atoms with Gasteiger partial charge < -0.3 is 128 Å². The molecule has 11 rings (SSSR count). The summed E-state index contributed by atoms with van der Waals surface area (Å²) < 4.78 is 74.3. The fourth-order valence-corrected chi connectivity index (χ4v) is 17.4. The highest BCUT2D eigenvalue weighted by atomic mass is 16.8. The molecule has 26 heteroatoms. The van der Waals surface area contributed by atoms with E-state index < -0.39 is 187 Å². The summed E-state index contributed by atoms with van der Waals surface area (Å²) in [6.07, 6.45) is -30.1. The molecule has 0 radical (unpaired) electrons. The molecule has 0 amide bonds. The molecule has 14 N–H and O–H groups in total. The van der Waals surface area contributed by atoms with E-state index >= 15 is 0 Å². The van der Waals surface area contributed by atoms with Gasteiger partial charge in [-0.05, 0) is 104 Å². The highest BCUT2D eigenvalue weighted by Crippen LogP contribution is 2.71. The van der Waals surface area contributed by atoms with Gasteiger partial charge in [0.15, 0.2) is 30.9 Å². The van der Waals surface area contributed by atoms with Crippen molar-refractivity contribution in [1.29, 1.82) is 0 Å². The lowest BCUT2D eigenvalue weighted by Crippen LogP contribution is -2.68. The molecule has 7 saturated heterocycles. The van der Waals surface area contributed by atoms with Gasteiger partial charge in [-0.2, -0.15) is 0 Å². The summed E-state index contributed by atoms with van der Waals surface area (Å²) in [6.45, 7) is 5.96. The topological polar surface area (TPSA) is 394 Å². The Kier molecular flexibility index (Phi) is 18.9. The van der Waals surface area contributed by atoms with Gasteiger partial charge in [-0.3, -0.25) is 0 Å². The van der Waals surface area contributed by atoms with E-state index in [4.69, 9.17) is 56.8 Å². The van der Waals surface area contributed by atoms with Gasteiger partial charge >= 0.3 is 0 Å². The maximum Gasteiger partial charge on any atom is 0.187 e. The molecule has 26 nitrogen and oxygen atoms in total. The third-order valence-corrected chi connectivity index (χ3v) is 22.1. The van der Waals surface area contributed by atoms with Crippen LogP contribution in [0.25, 0.3) is 0 Å². The Morgan fingerprint density at radius 1 is 0.463 bits per heavy atom. The molecule has 11 aliphatic rings. The average molecular weight is 1180 g/mol. The first kappa shape index (κ1) is 62.6. The second-order valence-corrected chi connectivity index (χ2v) is 26.6. The van der Waals surface area contributed by atoms with Gasteiger partial charge in [0.2, 0.25) is 0 Å². The number of hydrogen-bond donors (Lipinski definition) is 14. The van der Waals surface area contributed by atoms with Crippen molar-refractivity contribution in [3.8, 4) is 0 Å². The minimum atomic E-state index is -1.97. The monoisotopic (exact) mass is 1180 g/mol. The van der Waals surface area contributed by atoms with Crippen LogP contribution in [0.4, 0.5) is 0 Å². The summed E-state index contributed by atoms with van der Waals surface area (Å²) in [7, 11) is 0. The lowest BCUT2D eigenvalue weighted by molar-refractivity contribution is -0.393. The number of rotatable bonds is 14. The predicted molar refractivity (Wildman–Crippen MR) is 274 cm³/mol. The number of fused-ring (bicyclic) bond motifs is 7. The third-order valence-electron chi connectivity index (χ3n) is 22.1. The minimum absolute atomic E-state index is 0.0627. The summed E-state index contributed by atoms with van der Waals surface area (Å²) >= 11 is 0. The van der Waals surface area contributed by atoms with Crippen LogP contribution < -0.4 is 0 Å². The summed E-state index contributed by atoms with van der Waals surface area (Å²) in [5.74, 6) is 2.90. The maximum atomic E-state index is 12.0. The van der Waals surface area contributed by atoms with Gasteiger partial charge in [-0.15, -0.1) is 0 Å². The molecule has 472 valence electrons. The zero-order valence-corrected chi connectivity index (χ0v) is 47.2. The van der Waals surface area contributed by atoms with Crippen molar-refractivity contribution in [2.45, 2.75) is 251 Å². The van der Waals surface area contributed by atoms with Gasteiger partial charge in [0.25, 0.3) is 0 Å². The fraction of sp³-hybridized carbons (Fsp3) is 1.00. The van der Waals surface area contributed by atoms with Crippen LogP contribution in [-0.4, -0.2) is 277 Å². The Hall–Kier alpha value is -1.04. The van der Waals surface area contributed by atoms with Gasteiger partial charge in [0, 0.05) is 12.3 Å². The zero-order chi connectivity index (χ0) is 58.5. The molecule has 35 atom stereocenters.